The molecule has 0 radical (unpaired) electrons. The van der Waals surface area contributed by atoms with Crippen molar-refractivity contribution < 1.29 is 40.6 Å². The highest BCUT2D eigenvalue weighted by molar-refractivity contribution is 5.67. The average molecular weight is 1050 g/mol. The summed E-state index contributed by atoms with van der Waals surface area (Å²) >= 11 is 0. The summed E-state index contributed by atoms with van der Waals surface area (Å²) in [5, 5.41) is 0. The SMILES string of the molecule is CCCCOc1ccc(-c2ccc(C#Cc3ccc(F)nc3F)cc2)cc1.CCCOc1ccc(-c2ccc(C#Cc3ccc(F)nc3F)cc2)cc1.CCOc1ccc(-c2ccc(C#Cc3ccc(F)nc3F)cc2)cc1. The topological polar surface area (TPSA) is 66.4 Å². The number of benzene rings is 6. The molecule has 6 aromatic carbocycles. The number of pyridine rings is 3. The maximum absolute atomic E-state index is 13.5. The smallest absolute Gasteiger partial charge is 0.231 e. The van der Waals surface area contributed by atoms with Crippen molar-refractivity contribution >= 4 is 0 Å². The Balaban J connectivity index is 0.000000170. The lowest BCUT2D eigenvalue weighted by Crippen LogP contribution is -1.95. The van der Waals surface area contributed by atoms with E-state index in [0.717, 1.165) is 111 Å². The molecule has 0 aliphatic rings. The van der Waals surface area contributed by atoms with Crippen LogP contribution in [0.25, 0.3) is 33.4 Å². The molecule has 0 aliphatic heterocycles. The van der Waals surface area contributed by atoms with Crippen LogP contribution in [0.1, 0.15) is 73.4 Å². The Bertz CT molecular complexity index is 3580. The van der Waals surface area contributed by atoms with Crippen LogP contribution in [0.2, 0.25) is 0 Å². The zero-order chi connectivity index (χ0) is 55.1. The highest BCUT2D eigenvalue weighted by Crippen LogP contribution is 2.26. The zero-order valence-electron chi connectivity index (χ0n) is 42.9. The van der Waals surface area contributed by atoms with E-state index in [0.29, 0.717) is 13.2 Å². The van der Waals surface area contributed by atoms with Crippen molar-refractivity contribution in [1.29, 1.82) is 0 Å². The number of hydrogen-bond acceptors (Lipinski definition) is 6. The molecule has 6 nitrogen and oxygen atoms in total. The number of unbranched alkanes of at least 4 members (excludes halogenated alkanes) is 1. The van der Waals surface area contributed by atoms with Crippen LogP contribution in [0.3, 0.4) is 0 Å². The Morgan fingerprint density at radius 2 is 0.590 bits per heavy atom. The molecule has 0 fully saturated rings. The number of aromatic nitrogens is 3. The Morgan fingerprint density at radius 1 is 0.308 bits per heavy atom. The molecule has 0 saturated heterocycles. The first-order chi connectivity index (χ1) is 38.0. The molecule has 9 rings (SSSR count). The summed E-state index contributed by atoms with van der Waals surface area (Å²) in [5.74, 6) is 13.9. The Kier molecular flexibility index (Phi) is 20.8. The summed E-state index contributed by atoms with van der Waals surface area (Å²) in [6, 6.07) is 53.6. The van der Waals surface area contributed by atoms with Gasteiger partial charge in [-0.1, -0.05) is 129 Å². The van der Waals surface area contributed by atoms with Crippen LogP contribution < -0.4 is 14.2 Å². The van der Waals surface area contributed by atoms with Crippen LogP contribution in [0.5, 0.6) is 17.2 Å². The van der Waals surface area contributed by atoms with E-state index in [1.165, 1.54) is 18.2 Å². The molecule has 12 heteroatoms. The molecule has 0 atom stereocenters. The van der Waals surface area contributed by atoms with E-state index < -0.39 is 35.7 Å². The van der Waals surface area contributed by atoms with Gasteiger partial charge in [-0.25, -0.2) is 0 Å². The quantitative estimate of drug-likeness (QED) is 0.0526. The lowest BCUT2D eigenvalue weighted by molar-refractivity contribution is 0.309. The van der Waals surface area contributed by atoms with Gasteiger partial charge in [-0.15, -0.1) is 0 Å². The Hall–Kier alpha value is -9.57. The number of ether oxygens (including phenoxy) is 3. The van der Waals surface area contributed by atoms with Gasteiger partial charge in [0.2, 0.25) is 35.7 Å². The Morgan fingerprint density at radius 3 is 0.859 bits per heavy atom. The molecule has 0 saturated carbocycles. The fourth-order valence-electron chi connectivity index (χ4n) is 7.12. The summed E-state index contributed by atoms with van der Waals surface area (Å²) in [5.41, 5.74) is 8.77. The minimum atomic E-state index is -0.904. The van der Waals surface area contributed by atoms with Gasteiger partial charge in [0.15, 0.2) is 0 Å². The largest absolute Gasteiger partial charge is 0.494 e. The van der Waals surface area contributed by atoms with E-state index in [1.807, 2.05) is 153 Å². The van der Waals surface area contributed by atoms with Gasteiger partial charge in [0.25, 0.3) is 0 Å². The van der Waals surface area contributed by atoms with Crippen LogP contribution in [-0.2, 0) is 0 Å². The fourth-order valence-corrected chi connectivity index (χ4v) is 7.12. The van der Waals surface area contributed by atoms with Gasteiger partial charge in [0, 0.05) is 16.7 Å². The Labute approximate surface area is 450 Å². The van der Waals surface area contributed by atoms with Crippen molar-refractivity contribution in [1.82, 2.24) is 15.0 Å². The lowest BCUT2D eigenvalue weighted by Gasteiger charge is -2.07. The number of nitrogens with zero attached hydrogens (tertiary/aromatic N) is 3. The zero-order valence-corrected chi connectivity index (χ0v) is 42.9. The second-order valence-electron chi connectivity index (χ2n) is 17.0. The molecule has 0 unspecified atom stereocenters. The average Bonchev–Trinajstić information content (AvgIpc) is 3.46. The minimum absolute atomic E-state index is 0.0667. The maximum atomic E-state index is 13.5. The van der Waals surface area contributed by atoms with Gasteiger partial charge >= 0.3 is 0 Å². The summed E-state index contributed by atoms with van der Waals surface area (Å²) in [7, 11) is 0. The van der Waals surface area contributed by atoms with E-state index in [9.17, 15) is 26.3 Å². The first kappa shape index (κ1) is 56.2. The summed E-state index contributed by atoms with van der Waals surface area (Å²) in [6.45, 7) is 8.22. The lowest BCUT2D eigenvalue weighted by atomic mass is 10.0. The molecular formula is C66H51F6N3O3. The van der Waals surface area contributed by atoms with Gasteiger partial charge in [-0.2, -0.15) is 41.3 Å². The molecule has 3 aromatic heterocycles. The van der Waals surface area contributed by atoms with Crippen LogP contribution in [0.4, 0.5) is 26.3 Å². The van der Waals surface area contributed by atoms with E-state index in [2.05, 4.69) is 64.3 Å². The van der Waals surface area contributed by atoms with Crippen molar-refractivity contribution in [2.45, 2.75) is 40.0 Å². The van der Waals surface area contributed by atoms with Crippen LogP contribution in [-0.4, -0.2) is 34.8 Å². The second kappa shape index (κ2) is 28.9. The number of hydrogen-bond donors (Lipinski definition) is 0. The third kappa shape index (κ3) is 17.2. The van der Waals surface area contributed by atoms with E-state index in [4.69, 9.17) is 14.2 Å². The first-order valence-corrected chi connectivity index (χ1v) is 25.0. The molecule has 0 aliphatic carbocycles. The van der Waals surface area contributed by atoms with Crippen molar-refractivity contribution in [2.75, 3.05) is 19.8 Å². The third-order valence-corrected chi connectivity index (χ3v) is 11.2. The number of halogens is 6. The predicted molar refractivity (Wildman–Crippen MR) is 293 cm³/mol. The minimum Gasteiger partial charge on any atom is -0.494 e. The molecule has 0 spiro atoms. The van der Waals surface area contributed by atoms with Gasteiger partial charge < -0.3 is 14.2 Å². The van der Waals surface area contributed by atoms with Crippen molar-refractivity contribution in [3.63, 3.8) is 0 Å². The molecule has 0 bridgehead atoms. The van der Waals surface area contributed by atoms with Gasteiger partial charge in [0.1, 0.15) is 17.2 Å². The van der Waals surface area contributed by atoms with Crippen LogP contribution in [0.15, 0.2) is 182 Å². The summed E-state index contributed by atoms with van der Waals surface area (Å²) in [4.78, 5) is 9.36. The molecule has 390 valence electrons. The molecule has 0 N–H and O–H groups in total. The fraction of sp³-hybridized carbons (Fsp3) is 0.136. The second-order valence-corrected chi connectivity index (χ2v) is 17.0. The summed E-state index contributed by atoms with van der Waals surface area (Å²) in [6.07, 6.45) is 3.13. The highest BCUT2D eigenvalue weighted by Gasteiger charge is 2.07. The predicted octanol–water partition coefficient (Wildman–Crippen LogP) is 15.6. The number of rotatable bonds is 12. The summed E-state index contributed by atoms with van der Waals surface area (Å²) < 4.78 is 95.5. The normalized spacial score (nSPS) is 10.1. The van der Waals surface area contributed by atoms with Crippen molar-refractivity contribution in [3.8, 4) is 86.2 Å². The molecule has 3 heterocycles. The first-order valence-electron chi connectivity index (χ1n) is 25.0. The van der Waals surface area contributed by atoms with Gasteiger partial charge in [0.05, 0.1) is 36.5 Å². The van der Waals surface area contributed by atoms with E-state index >= 15 is 0 Å². The third-order valence-electron chi connectivity index (χ3n) is 11.2. The molecule has 9 aromatic rings. The molecular weight excluding hydrogens is 997 g/mol. The monoisotopic (exact) mass is 1050 g/mol. The highest BCUT2D eigenvalue weighted by atomic mass is 19.2. The van der Waals surface area contributed by atoms with Crippen molar-refractivity contribution in [3.05, 3.63) is 251 Å². The maximum Gasteiger partial charge on any atom is 0.231 e. The van der Waals surface area contributed by atoms with Crippen LogP contribution in [0, 0.1) is 71.2 Å². The standard InChI is InChI=1S/C23H19F2NO.C22H17F2NO.C21H15F2NO/c1-2-3-16-27-21-13-10-19(11-14-21)18-7-4-17(5-8-18)6-9-20-12-15-22(24)26-23(20)25;1-2-15-26-20-12-9-18(10-13-20)17-6-3-16(4-7-17)5-8-19-11-14-21(23)25-22(19)24;1-2-25-19-12-9-17(10-13-19)16-6-3-15(4-7-16)5-8-18-11-14-20(22)24-21(18)23/h4-5,7-8,10-15H,2-3,16H2,1H3;3-4,6-7,9-14H,2,15H2,1H3;3-4,6-7,9-14H,2H2,1H3. The van der Waals surface area contributed by atoms with Gasteiger partial charge in [-0.05, 0) is 162 Å². The van der Waals surface area contributed by atoms with E-state index in [-0.39, 0.29) is 16.7 Å². The van der Waals surface area contributed by atoms with Gasteiger partial charge in [-0.3, -0.25) is 0 Å². The molecule has 0 amide bonds. The van der Waals surface area contributed by atoms with Crippen molar-refractivity contribution in [2.24, 2.45) is 0 Å². The molecule has 78 heavy (non-hydrogen) atoms. The van der Waals surface area contributed by atoms with E-state index in [1.54, 1.807) is 0 Å². The van der Waals surface area contributed by atoms with Crippen LogP contribution >= 0.6 is 0 Å².